The van der Waals surface area contributed by atoms with Gasteiger partial charge in [-0.2, -0.15) is 0 Å². The van der Waals surface area contributed by atoms with Crippen molar-refractivity contribution < 1.29 is 9.18 Å². The Bertz CT molecular complexity index is 461. The lowest BCUT2D eigenvalue weighted by Gasteiger charge is -2.32. The van der Waals surface area contributed by atoms with E-state index in [4.69, 9.17) is 0 Å². The Morgan fingerprint density at radius 2 is 2.32 bits per heavy atom. The number of piperidine rings is 1. The van der Waals surface area contributed by atoms with Crippen LogP contribution in [0.2, 0.25) is 0 Å². The van der Waals surface area contributed by atoms with E-state index in [1.54, 1.807) is 19.1 Å². The van der Waals surface area contributed by atoms with Gasteiger partial charge in [0.15, 0.2) is 0 Å². The van der Waals surface area contributed by atoms with E-state index < -0.39 is 0 Å². The topological polar surface area (TPSA) is 20.3 Å². The monoisotopic (exact) mass is 327 g/mol. The number of carbonyl (C=O) groups is 1. The van der Waals surface area contributed by atoms with Crippen LogP contribution in [0.1, 0.15) is 35.2 Å². The van der Waals surface area contributed by atoms with Gasteiger partial charge in [0.1, 0.15) is 5.82 Å². The third-order valence-electron chi connectivity index (χ3n) is 3.73. The number of alkyl halides is 1. The Kier molecular flexibility index (Phi) is 4.97. The maximum absolute atomic E-state index is 13.2. The molecular formula is C15H19BrFNO. The second-order valence-corrected chi connectivity index (χ2v) is 5.99. The second-order valence-electron chi connectivity index (χ2n) is 5.20. The summed E-state index contributed by atoms with van der Waals surface area (Å²) < 4.78 is 13.2. The van der Waals surface area contributed by atoms with Gasteiger partial charge in [-0.05, 0) is 55.9 Å². The summed E-state index contributed by atoms with van der Waals surface area (Å²) in [6.45, 7) is 3.32. The van der Waals surface area contributed by atoms with Crippen molar-refractivity contribution >= 4 is 21.8 Å². The van der Waals surface area contributed by atoms with E-state index in [9.17, 15) is 9.18 Å². The lowest BCUT2D eigenvalue weighted by Crippen LogP contribution is -2.40. The molecule has 0 saturated carbocycles. The largest absolute Gasteiger partial charge is 0.338 e. The fraction of sp³-hybridized carbons (Fsp3) is 0.533. The van der Waals surface area contributed by atoms with E-state index in [1.165, 1.54) is 12.5 Å². The zero-order valence-electron chi connectivity index (χ0n) is 11.2. The van der Waals surface area contributed by atoms with Gasteiger partial charge in [-0.25, -0.2) is 4.39 Å². The predicted octanol–water partition coefficient (Wildman–Crippen LogP) is 3.77. The van der Waals surface area contributed by atoms with Gasteiger partial charge in [-0.1, -0.05) is 15.9 Å². The first kappa shape index (κ1) is 14.5. The van der Waals surface area contributed by atoms with Crippen molar-refractivity contribution in [1.82, 2.24) is 4.90 Å². The number of carbonyl (C=O) groups excluding carboxylic acids is 1. The van der Waals surface area contributed by atoms with Gasteiger partial charge in [0.25, 0.3) is 5.91 Å². The van der Waals surface area contributed by atoms with E-state index in [0.29, 0.717) is 17.0 Å². The first-order valence-electron chi connectivity index (χ1n) is 6.73. The quantitative estimate of drug-likeness (QED) is 0.774. The van der Waals surface area contributed by atoms with Crippen LogP contribution >= 0.6 is 15.9 Å². The minimum atomic E-state index is -0.257. The third-order valence-corrected chi connectivity index (χ3v) is 4.19. The zero-order chi connectivity index (χ0) is 13.8. The Hall–Kier alpha value is -0.900. The predicted molar refractivity (Wildman–Crippen MR) is 78.2 cm³/mol. The van der Waals surface area contributed by atoms with Crippen LogP contribution < -0.4 is 0 Å². The summed E-state index contributed by atoms with van der Waals surface area (Å²) >= 11 is 3.46. The van der Waals surface area contributed by atoms with Gasteiger partial charge < -0.3 is 4.90 Å². The molecule has 1 fully saturated rings. The smallest absolute Gasteiger partial charge is 0.253 e. The standard InChI is InChI=1S/C15H19BrFNO/c1-11-9-13(4-5-14(11)17)15(19)18-8-2-3-12(10-18)6-7-16/h4-5,9,12H,2-3,6-8,10H2,1H3. The number of hydrogen-bond donors (Lipinski definition) is 0. The highest BCUT2D eigenvalue weighted by Gasteiger charge is 2.24. The molecule has 1 aliphatic rings. The average molecular weight is 328 g/mol. The number of rotatable bonds is 3. The molecule has 2 nitrogen and oxygen atoms in total. The molecule has 0 radical (unpaired) electrons. The van der Waals surface area contributed by atoms with Crippen molar-refractivity contribution in [1.29, 1.82) is 0 Å². The van der Waals surface area contributed by atoms with E-state index in [-0.39, 0.29) is 11.7 Å². The SMILES string of the molecule is Cc1cc(C(=O)N2CCCC(CCBr)C2)ccc1F. The number of hydrogen-bond acceptors (Lipinski definition) is 1. The normalized spacial score (nSPS) is 19.5. The van der Waals surface area contributed by atoms with E-state index in [2.05, 4.69) is 15.9 Å². The summed E-state index contributed by atoms with van der Waals surface area (Å²) in [5, 5.41) is 0.982. The highest BCUT2D eigenvalue weighted by atomic mass is 79.9. The van der Waals surface area contributed by atoms with Crippen LogP contribution in [0.3, 0.4) is 0 Å². The van der Waals surface area contributed by atoms with Crippen molar-refractivity contribution in [2.45, 2.75) is 26.2 Å². The van der Waals surface area contributed by atoms with Crippen molar-refractivity contribution in [3.05, 3.63) is 35.1 Å². The van der Waals surface area contributed by atoms with E-state index in [1.807, 2.05) is 4.90 Å². The van der Waals surface area contributed by atoms with Crippen molar-refractivity contribution in [2.75, 3.05) is 18.4 Å². The van der Waals surface area contributed by atoms with Crippen LogP contribution in [-0.4, -0.2) is 29.2 Å². The van der Waals surface area contributed by atoms with E-state index >= 15 is 0 Å². The summed E-state index contributed by atoms with van der Waals surface area (Å²) in [6, 6.07) is 4.60. The van der Waals surface area contributed by atoms with Gasteiger partial charge in [0.05, 0.1) is 0 Å². The molecule has 1 aliphatic heterocycles. The Morgan fingerprint density at radius 1 is 1.53 bits per heavy atom. The molecule has 4 heteroatoms. The molecule has 104 valence electrons. The van der Waals surface area contributed by atoms with Crippen LogP contribution in [0.15, 0.2) is 18.2 Å². The lowest BCUT2D eigenvalue weighted by molar-refractivity contribution is 0.0672. The minimum absolute atomic E-state index is 0.0300. The fourth-order valence-corrected chi connectivity index (χ4v) is 3.25. The van der Waals surface area contributed by atoms with Crippen LogP contribution in [-0.2, 0) is 0 Å². The number of benzene rings is 1. The molecular weight excluding hydrogens is 309 g/mol. The van der Waals surface area contributed by atoms with Gasteiger partial charge in [0.2, 0.25) is 0 Å². The molecule has 1 aromatic carbocycles. The molecule has 0 N–H and O–H groups in total. The van der Waals surface area contributed by atoms with Gasteiger partial charge >= 0.3 is 0 Å². The van der Waals surface area contributed by atoms with Crippen LogP contribution in [0.4, 0.5) is 4.39 Å². The Labute approximate surface area is 122 Å². The molecule has 0 aliphatic carbocycles. The first-order valence-corrected chi connectivity index (χ1v) is 7.85. The number of halogens is 2. The second kappa shape index (κ2) is 6.51. The molecule has 1 saturated heterocycles. The maximum Gasteiger partial charge on any atom is 0.253 e. The maximum atomic E-state index is 13.2. The number of nitrogens with zero attached hydrogens (tertiary/aromatic N) is 1. The van der Waals surface area contributed by atoms with Crippen molar-refractivity contribution in [3.63, 3.8) is 0 Å². The summed E-state index contributed by atoms with van der Waals surface area (Å²) in [5.41, 5.74) is 1.12. The summed E-state index contributed by atoms with van der Waals surface area (Å²) in [7, 11) is 0. The van der Waals surface area contributed by atoms with Gasteiger partial charge in [-0.3, -0.25) is 4.79 Å². The van der Waals surface area contributed by atoms with Crippen molar-refractivity contribution in [3.8, 4) is 0 Å². The van der Waals surface area contributed by atoms with Crippen LogP contribution in [0.25, 0.3) is 0 Å². The highest BCUT2D eigenvalue weighted by molar-refractivity contribution is 9.09. The summed E-state index contributed by atoms with van der Waals surface area (Å²) in [5.74, 6) is 0.355. The third kappa shape index (κ3) is 3.56. The number of likely N-dealkylation sites (tertiary alicyclic amines) is 1. The molecule has 1 amide bonds. The van der Waals surface area contributed by atoms with Crippen molar-refractivity contribution in [2.24, 2.45) is 5.92 Å². The molecule has 2 rings (SSSR count). The molecule has 1 unspecified atom stereocenters. The summed E-state index contributed by atoms with van der Waals surface area (Å²) in [4.78, 5) is 14.3. The van der Waals surface area contributed by atoms with Crippen LogP contribution in [0.5, 0.6) is 0 Å². The Morgan fingerprint density at radius 3 is 3.00 bits per heavy atom. The van der Waals surface area contributed by atoms with Gasteiger partial charge in [-0.15, -0.1) is 0 Å². The molecule has 0 aromatic heterocycles. The minimum Gasteiger partial charge on any atom is -0.338 e. The molecule has 1 atom stereocenters. The van der Waals surface area contributed by atoms with Crippen LogP contribution in [0, 0.1) is 18.7 Å². The fourth-order valence-electron chi connectivity index (χ4n) is 2.60. The van der Waals surface area contributed by atoms with E-state index in [0.717, 1.165) is 31.3 Å². The average Bonchev–Trinajstić information content (AvgIpc) is 2.42. The number of aryl methyl sites for hydroxylation is 1. The molecule has 1 aromatic rings. The summed E-state index contributed by atoms with van der Waals surface area (Å²) in [6.07, 6.45) is 3.35. The highest BCUT2D eigenvalue weighted by Crippen LogP contribution is 2.22. The lowest BCUT2D eigenvalue weighted by atomic mass is 9.95. The Balaban J connectivity index is 2.08. The zero-order valence-corrected chi connectivity index (χ0v) is 12.7. The number of amides is 1. The molecule has 19 heavy (non-hydrogen) atoms. The molecule has 0 spiro atoms. The molecule has 1 heterocycles. The first-order chi connectivity index (χ1) is 9.11. The molecule has 0 bridgehead atoms. The van der Waals surface area contributed by atoms with Gasteiger partial charge in [0, 0.05) is 24.0 Å².